The van der Waals surface area contributed by atoms with Gasteiger partial charge >= 0.3 is 0 Å². The van der Waals surface area contributed by atoms with E-state index in [2.05, 4.69) is 10.9 Å². The van der Waals surface area contributed by atoms with Crippen molar-refractivity contribution in [2.24, 2.45) is 0 Å². The van der Waals surface area contributed by atoms with Gasteiger partial charge in [0.2, 0.25) is 0 Å². The minimum absolute atomic E-state index is 0.324. The number of nitrogens with one attached hydrogen (secondary N) is 2. The van der Waals surface area contributed by atoms with E-state index in [1.54, 1.807) is 19.9 Å². The summed E-state index contributed by atoms with van der Waals surface area (Å²) in [6.07, 6.45) is 0. The first-order valence-electron chi connectivity index (χ1n) is 7.13. The fourth-order valence-electron chi connectivity index (χ4n) is 2.48. The average molecular weight is 328 g/mol. The van der Waals surface area contributed by atoms with Crippen molar-refractivity contribution >= 4 is 33.2 Å². The van der Waals surface area contributed by atoms with Crippen LogP contribution in [-0.2, 0) is 0 Å². The second-order valence-corrected chi connectivity index (χ2v) is 6.34. The van der Waals surface area contributed by atoms with Crippen LogP contribution in [0.25, 0.3) is 10.1 Å². The van der Waals surface area contributed by atoms with E-state index in [4.69, 9.17) is 4.42 Å². The number of aryl methyl sites for hydroxylation is 3. The molecule has 0 aliphatic carbocycles. The Morgan fingerprint density at radius 1 is 1.04 bits per heavy atom. The zero-order valence-electron chi connectivity index (χ0n) is 13.0. The van der Waals surface area contributed by atoms with Crippen molar-refractivity contribution in [1.82, 2.24) is 10.9 Å². The largest absolute Gasteiger partial charge is 0.466 e. The number of hydrazine groups is 1. The molecule has 118 valence electrons. The molecule has 2 heterocycles. The maximum absolute atomic E-state index is 12.3. The van der Waals surface area contributed by atoms with Crippen molar-refractivity contribution < 1.29 is 14.0 Å². The van der Waals surface area contributed by atoms with Crippen molar-refractivity contribution in [2.45, 2.75) is 20.8 Å². The SMILES string of the molecule is Cc1cc(C(=O)NNC(=O)c2sc3ccccc3c2C)c(C)o1. The van der Waals surface area contributed by atoms with Crippen LogP contribution in [0.3, 0.4) is 0 Å². The zero-order chi connectivity index (χ0) is 16.6. The smallest absolute Gasteiger partial charge is 0.280 e. The summed E-state index contributed by atoms with van der Waals surface area (Å²) in [5.74, 6) is 0.452. The van der Waals surface area contributed by atoms with Gasteiger partial charge in [0.05, 0.1) is 10.4 Å². The van der Waals surface area contributed by atoms with E-state index in [1.165, 1.54) is 11.3 Å². The van der Waals surface area contributed by atoms with Gasteiger partial charge in [-0.25, -0.2) is 0 Å². The molecule has 6 heteroatoms. The van der Waals surface area contributed by atoms with Gasteiger partial charge in [-0.05, 0) is 43.9 Å². The first-order chi connectivity index (χ1) is 11.0. The number of carbonyl (C=O) groups is 2. The predicted molar refractivity (Wildman–Crippen MR) is 89.7 cm³/mol. The van der Waals surface area contributed by atoms with Gasteiger partial charge < -0.3 is 4.42 Å². The highest BCUT2D eigenvalue weighted by Gasteiger charge is 2.18. The van der Waals surface area contributed by atoms with Gasteiger partial charge in [-0.15, -0.1) is 11.3 Å². The highest BCUT2D eigenvalue weighted by atomic mass is 32.1. The number of furan rings is 1. The van der Waals surface area contributed by atoms with E-state index in [0.717, 1.165) is 15.6 Å². The molecule has 0 aliphatic heterocycles. The molecule has 1 aromatic carbocycles. The maximum Gasteiger partial charge on any atom is 0.280 e. The quantitative estimate of drug-likeness (QED) is 0.707. The third-order valence-electron chi connectivity index (χ3n) is 3.63. The Balaban J connectivity index is 1.75. The first-order valence-corrected chi connectivity index (χ1v) is 7.95. The van der Waals surface area contributed by atoms with Crippen molar-refractivity contribution in [3.8, 4) is 0 Å². The number of rotatable bonds is 2. The number of fused-ring (bicyclic) bond motifs is 1. The number of thiophene rings is 1. The standard InChI is InChI=1S/C17H16N2O3S/c1-9-8-13(11(3)22-9)16(20)18-19-17(21)15-10(2)12-6-4-5-7-14(12)23-15/h4-8H,1-3H3,(H,18,20)(H,19,21). The highest BCUT2D eigenvalue weighted by Crippen LogP contribution is 2.30. The fourth-order valence-corrected chi connectivity index (χ4v) is 3.59. The number of benzene rings is 1. The molecule has 0 saturated carbocycles. The molecule has 0 atom stereocenters. The summed E-state index contributed by atoms with van der Waals surface area (Å²) in [6, 6.07) is 9.47. The third kappa shape index (κ3) is 2.85. The van der Waals surface area contributed by atoms with Crippen LogP contribution in [0.5, 0.6) is 0 Å². The summed E-state index contributed by atoms with van der Waals surface area (Å²) in [5, 5.41) is 1.05. The van der Waals surface area contributed by atoms with Crippen molar-refractivity contribution in [1.29, 1.82) is 0 Å². The topological polar surface area (TPSA) is 71.3 Å². The van der Waals surface area contributed by atoms with E-state index in [9.17, 15) is 9.59 Å². The van der Waals surface area contributed by atoms with Gasteiger partial charge in [-0.3, -0.25) is 20.4 Å². The normalized spacial score (nSPS) is 10.7. The molecule has 0 bridgehead atoms. The van der Waals surface area contributed by atoms with Gasteiger partial charge in [0.25, 0.3) is 11.8 Å². The van der Waals surface area contributed by atoms with E-state index in [1.807, 2.05) is 31.2 Å². The second kappa shape index (κ2) is 5.89. The van der Waals surface area contributed by atoms with Crippen LogP contribution >= 0.6 is 11.3 Å². The summed E-state index contributed by atoms with van der Waals surface area (Å²) in [7, 11) is 0. The summed E-state index contributed by atoms with van der Waals surface area (Å²) in [4.78, 5) is 25.0. The van der Waals surface area contributed by atoms with Crippen molar-refractivity contribution in [3.05, 3.63) is 57.9 Å². The highest BCUT2D eigenvalue weighted by molar-refractivity contribution is 7.21. The number of hydrogen-bond donors (Lipinski definition) is 2. The predicted octanol–water partition coefficient (Wildman–Crippen LogP) is 3.49. The molecule has 3 aromatic rings. The van der Waals surface area contributed by atoms with Gasteiger partial charge in [-0.1, -0.05) is 18.2 Å². The summed E-state index contributed by atoms with van der Waals surface area (Å²) in [5.41, 5.74) is 6.22. The Kier molecular flexibility index (Phi) is 3.92. The minimum atomic E-state index is -0.397. The van der Waals surface area contributed by atoms with Gasteiger partial charge in [0.15, 0.2) is 0 Å². The fraction of sp³-hybridized carbons (Fsp3) is 0.176. The Labute approximate surface area is 137 Å². The van der Waals surface area contributed by atoms with Gasteiger partial charge in [0.1, 0.15) is 11.5 Å². The lowest BCUT2D eigenvalue weighted by Gasteiger charge is -2.06. The molecule has 0 radical (unpaired) electrons. The molecule has 3 rings (SSSR count). The lowest BCUT2D eigenvalue weighted by atomic mass is 10.1. The molecular formula is C17H16N2O3S. The molecule has 0 aliphatic rings. The lowest BCUT2D eigenvalue weighted by Crippen LogP contribution is -2.41. The molecule has 2 N–H and O–H groups in total. The number of hydrogen-bond acceptors (Lipinski definition) is 4. The Bertz CT molecular complexity index is 908. The summed E-state index contributed by atoms with van der Waals surface area (Å²) < 4.78 is 6.36. The minimum Gasteiger partial charge on any atom is -0.466 e. The van der Waals surface area contributed by atoms with Crippen LogP contribution in [0.4, 0.5) is 0 Å². The second-order valence-electron chi connectivity index (χ2n) is 5.29. The first kappa shape index (κ1) is 15.3. The molecule has 2 amide bonds. The van der Waals surface area contributed by atoms with Gasteiger partial charge in [-0.2, -0.15) is 0 Å². The molecule has 2 aromatic heterocycles. The Hall–Kier alpha value is -2.60. The van der Waals surface area contributed by atoms with Crippen LogP contribution in [0.1, 0.15) is 37.1 Å². The van der Waals surface area contributed by atoms with E-state index < -0.39 is 5.91 Å². The zero-order valence-corrected chi connectivity index (χ0v) is 13.8. The van der Waals surface area contributed by atoms with Crippen LogP contribution in [-0.4, -0.2) is 11.8 Å². The maximum atomic E-state index is 12.3. The van der Waals surface area contributed by atoms with E-state index >= 15 is 0 Å². The summed E-state index contributed by atoms with van der Waals surface area (Å²) >= 11 is 1.40. The lowest BCUT2D eigenvalue weighted by molar-refractivity contribution is 0.0847. The van der Waals surface area contributed by atoms with E-state index in [0.29, 0.717) is 22.0 Å². The average Bonchev–Trinajstić information content (AvgIpc) is 3.05. The molecule has 23 heavy (non-hydrogen) atoms. The molecule has 5 nitrogen and oxygen atoms in total. The summed E-state index contributed by atoms with van der Waals surface area (Å²) in [6.45, 7) is 5.38. The van der Waals surface area contributed by atoms with Crippen molar-refractivity contribution in [2.75, 3.05) is 0 Å². The van der Waals surface area contributed by atoms with Crippen LogP contribution in [0.2, 0.25) is 0 Å². The molecule has 0 fully saturated rings. The Morgan fingerprint density at radius 3 is 2.39 bits per heavy atom. The molecule has 0 spiro atoms. The van der Waals surface area contributed by atoms with Crippen LogP contribution < -0.4 is 10.9 Å². The number of amides is 2. The van der Waals surface area contributed by atoms with Crippen LogP contribution in [0, 0.1) is 20.8 Å². The van der Waals surface area contributed by atoms with Gasteiger partial charge in [0, 0.05) is 4.70 Å². The number of carbonyl (C=O) groups excluding carboxylic acids is 2. The van der Waals surface area contributed by atoms with Crippen LogP contribution in [0.15, 0.2) is 34.7 Å². The molecule has 0 saturated heterocycles. The third-order valence-corrected chi connectivity index (χ3v) is 4.90. The van der Waals surface area contributed by atoms with Crippen molar-refractivity contribution in [3.63, 3.8) is 0 Å². The van der Waals surface area contributed by atoms with E-state index in [-0.39, 0.29) is 5.91 Å². The Morgan fingerprint density at radius 2 is 1.74 bits per heavy atom. The molecule has 0 unspecified atom stereocenters. The monoisotopic (exact) mass is 328 g/mol. The molecular weight excluding hydrogens is 312 g/mol.